The summed E-state index contributed by atoms with van der Waals surface area (Å²) in [6.45, 7) is 5.40. The summed E-state index contributed by atoms with van der Waals surface area (Å²) < 4.78 is 5.47. The summed E-state index contributed by atoms with van der Waals surface area (Å²) in [7, 11) is 0. The van der Waals surface area contributed by atoms with Gasteiger partial charge in [0.25, 0.3) is 0 Å². The van der Waals surface area contributed by atoms with Gasteiger partial charge in [0.2, 0.25) is 5.91 Å². The Labute approximate surface area is 225 Å². The van der Waals surface area contributed by atoms with E-state index in [0.717, 1.165) is 23.1 Å². The van der Waals surface area contributed by atoms with Crippen LogP contribution < -0.4 is 10.6 Å². The summed E-state index contributed by atoms with van der Waals surface area (Å²) in [5.74, 6) is -0.568. The van der Waals surface area contributed by atoms with Crippen LogP contribution in [0.2, 0.25) is 0 Å². The quantitative estimate of drug-likeness (QED) is 0.349. The van der Waals surface area contributed by atoms with Gasteiger partial charge in [0.15, 0.2) is 0 Å². The predicted molar refractivity (Wildman–Crippen MR) is 149 cm³/mol. The first-order chi connectivity index (χ1) is 18.2. The van der Waals surface area contributed by atoms with Crippen molar-refractivity contribution >= 4 is 12.0 Å². The van der Waals surface area contributed by atoms with Crippen LogP contribution in [0, 0.1) is 5.92 Å². The van der Waals surface area contributed by atoms with E-state index in [-0.39, 0.29) is 18.4 Å². The molecule has 4 atom stereocenters. The third-order valence-corrected chi connectivity index (χ3v) is 6.86. The maximum Gasteiger partial charge on any atom is 0.407 e. The SMILES string of the molecule is CC(C)(C)OC(=O)N[C@@H](Cc1ccccc1)[C@@H](O)C[C@@H](Cc1ccccc1)C(=O)NC1Cc2ccccc21. The van der Waals surface area contributed by atoms with Crippen molar-refractivity contribution in [3.63, 3.8) is 0 Å². The predicted octanol–water partition coefficient (Wildman–Crippen LogP) is 5.15. The summed E-state index contributed by atoms with van der Waals surface area (Å²) in [6.07, 6.45) is 0.352. The second-order valence-corrected chi connectivity index (χ2v) is 11.1. The molecule has 0 bridgehead atoms. The zero-order valence-corrected chi connectivity index (χ0v) is 22.4. The Morgan fingerprint density at radius 1 is 0.895 bits per heavy atom. The Morgan fingerprint density at radius 3 is 2.08 bits per heavy atom. The van der Waals surface area contributed by atoms with Gasteiger partial charge in [0.05, 0.1) is 18.2 Å². The maximum atomic E-state index is 13.6. The van der Waals surface area contributed by atoms with E-state index in [4.69, 9.17) is 4.74 Å². The van der Waals surface area contributed by atoms with E-state index in [1.54, 1.807) is 20.8 Å². The van der Waals surface area contributed by atoms with Gasteiger partial charge in [-0.15, -0.1) is 0 Å². The minimum Gasteiger partial charge on any atom is -0.444 e. The highest BCUT2D eigenvalue weighted by atomic mass is 16.6. The summed E-state index contributed by atoms with van der Waals surface area (Å²) in [4.78, 5) is 26.2. The number of fused-ring (bicyclic) bond motifs is 1. The standard InChI is InChI=1S/C32H38N2O4/c1-32(2,3)38-31(37)34-28(19-23-14-8-5-9-15-23)29(35)21-25(18-22-12-6-4-7-13-22)30(36)33-27-20-24-16-10-11-17-26(24)27/h4-17,25,27-29,35H,18-21H2,1-3H3,(H,33,36)(H,34,37)/t25-,27?,28+,29+/m1/s1. The van der Waals surface area contributed by atoms with Crippen LogP contribution in [0.5, 0.6) is 0 Å². The number of amides is 2. The Bertz CT molecular complexity index is 1210. The molecule has 6 heteroatoms. The molecule has 2 amide bonds. The molecule has 38 heavy (non-hydrogen) atoms. The number of hydrogen-bond acceptors (Lipinski definition) is 4. The Balaban J connectivity index is 1.50. The zero-order valence-electron chi connectivity index (χ0n) is 22.4. The molecule has 0 heterocycles. The second kappa shape index (κ2) is 12.3. The maximum absolute atomic E-state index is 13.6. The Morgan fingerprint density at radius 2 is 1.47 bits per heavy atom. The molecule has 6 nitrogen and oxygen atoms in total. The van der Waals surface area contributed by atoms with Gasteiger partial charge < -0.3 is 20.5 Å². The first-order valence-corrected chi connectivity index (χ1v) is 13.3. The number of carbonyl (C=O) groups excluding carboxylic acids is 2. The summed E-state index contributed by atoms with van der Waals surface area (Å²) >= 11 is 0. The fourth-order valence-electron chi connectivity index (χ4n) is 4.92. The summed E-state index contributed by atoms with van der Waals surface area (Å²) in [6, 6.07) is 27.0. The average molecular weight is 515 g/mol. The van der Waals surface area contributed by atoms with E-state index in [0.29, 0.717) is 12.8 Å². The van der Waals surface area contributed by atoms with Crippen molar-refractivity contribution in [2.45, 2.75) is 70.2 Å². The van der Waals surface area contributed by atoms with E-state index in [1.165, 1.54) is 5.56 Å². The van der Waals surface area contributed by atoms with Gasteiger partial charge in [0, 0.05) is 5.92 Å². The molecule has 3 aromatic carbocycles. The molecule has 4 rings (SSSR count). The minimum absolute atomic E-state index is 0.0193. The lowest BCUT2D eigenvalue weighted by atomic mass is 9.82. The Kier molecular flexibility index (Phi) is 8.85. The van der Waals surface area contributed by atoms with Crippen LogP contribution in [-0.4, -0.2) is 34.9 Å². The molecule has 0 fully saturated rings. The lowest BCUT2D eigenvalue weighted by molar-refractivity contribution is -0.127. The minimum atomic E-state index is -0.962. The van der Waals surface area contributed by atoms with Gasteiger partial charge in [-0.1, -0.05) is 84.9 Å². The molecule has 0 spiro atoms. The van der Waals surface area contributed by atoms with Gasteiger partial charge in [-0.05, 0) is 68.7 Å². The number of nitrogens with one attached hydrogen (secondary N) is 2. The van der Waals surface area contributed by atoms with Crippen LogP contribution >= 0.6 is 0 Å². The third kappa shape index (κ3) is 7.68. The smallest absolute Gasteiger partial charge is 0.407 e. The molecule has 0 saturated heterocycles. The van der Waals surface area contributed by atoms with Gasteiger partial charge in [-0.25, -0.2) is 4.79 Å². The van der Waals surface area contributed by atoms with Gasteiger partial charge in [-0.2, -0.15) is 0 Å². The molecule has 0 radical (unpaired) electrons. The highest BCUT2D eigenvalue weighted by Crippen LogP contribution is 2.33. The molecule has 3 aromatic rings. The molecule has 200 valence electrons. The largest absolute Gasteiger partial charge is 0.444 e. The molecular weight excluding hydrogens is 476 g/mol. The van der Waals surface area contributed by atoms with Crippen LogP contribution in [0.15, 0.2) is 84.9 Å². The van der Waals surface area contributed by atoms with Crippen molar-refractivity contribution in [3.05, 3.63) is 107 Å². The fourth-order valence-corrected chi connectivity index (χ4v) is 4.92. The number of hydrogen-bond donors (Lipinski definition) is 3. The van der Waals surface area contributed by atoms with E-state index < -0.39 is 29.8 Å². The second-order valence-electron chi connectivity index (χ2n) is 11.1. The summed E-state index contributed by atoms with van der Waals surface area (Å²) in [5.41, 5.74) is 3.73. The first kappa shape index (κ1) is 27.4. The van der Waals surface area contributed by atoms with Gasteiger partial charge in [0.1, 0.15) is 5.60 Å². The van der Waals surface area contributed by atoms with Crippen LogP contribution in [0.3, 0.4) is 0 Å². The third-order valence-electron chi connectivity index (χ3n) is 6.86. The van der Waals surface area contributed by atoms with Crippen LogP contribution in [0.4, 0.5) is 4.79 Å². The number of aliphatic hydroxyl groups excluding tert-OH is 1. The topological polar surface area (TPSA) is 87.7 Å². The van der Waals surface area contributed by atoms with Crippen molar-refractivity contribution in [1.82, 2.24) is 10.6 Å². The van der Waals surface area contributed by atoms with Gasteiger partial charge in [-0.3, -0.25) is 4.79 Å². The molecule has 1 aliphatic carbocycles. The lowest BCUT2D eigenvalue weighted by Crippen LogP contribution is -2.48. The highest BCUT2D eigenvalue weighted by Gasteiger charge is 2.33. The van der Waals surface area contributed by atoms with Crippen LogP contribution in [0.25, 0.3) is 0 Å². The molecule has 3 N–H and O–H groups in total. The van der Waals surface area contributed by atoms with Crippen molar-refractivity contribution in [2.24, 2.45) is 5.92 Å². The number of aliphatic hydroxyl groups is 1. The van der Waals surface area contributed by atoms with Crippen LogP contribution in [-0.2, 0) is 28.8 Å². The zero-order chi connectivity index (χ0) is 27.1. The fraction of sp³-hybridized carbons (Fsp3) is 0.375. The summed E-state index contributed by atoms with van der Waals surface area (Å²) in [5, 5.41) is 17.5. The lowest BCUT2D eigenvalue weighted by Gasteiger charge is -2.33. The average Bonchev–Trinajstić information content (AvgIpc) is 2.86. The van der Waals surface area contributed by atoms with E-state index >= 15 is 0 Å². The number of carbonyl (C=O) groups is 2. The molecule has 0 saturated carbocycles. The number of ether oxygens (including phenoxy) is 1. The van der Waals surface area contributed by atoms with E-state index in [2.05, 4.69) is 16.7 Å². The van der Waals surface area contributed by atoms with Crippen LogP contribution in [0.1, 0.15) is 55.5 Å². The molecule has 0 aromatic heterocycles. The van der Waals surface area contributed by atoms with Crippen molar-refractivity contribution < 1.29 is 19.4 Å². The normalized spacial score (nSPS) is 16.8. The molecule has 0 aliphatic heterocycles. The van der Waals surface area contributed by atoms with E-state index in [9.17, 15) is 14.7 Å². The molecule has 1 aliphatic rings. The monoisotopic (exact) mass is 514 g/mol. The molecular formula is C32H38N2O4. The Hall–Kier alpha value is -3.64. The number of rotatable bonds is 10. The highest BCUT2D eigenvalue weighted by molar-refractivity contribution is 5.80. The molecule has 1 unspecified atom stereocenters. The van der Waals surface area contributed by atoms with Crippen molar-refractivity contribution in [3.8, 4) is 0 Å². The number of alkyl carbamates (subject to hydrolysis) is 1. The van der Waals surface area contributed by atoms with E-state index in [1.807, 2.05) is 78.9 Å². The van der Waals surface area contributed by atoms with Crippen molar-refractivity contribution in [1.29, 1.82) is 0 Å². The van der Waals surface area contributed by atoms with Gasteiger partial charge >= 0.3 is 6.09 Å². The first-order valence-electron chi connectivity index (χ1n) is 13.3. The number of benzene rings is 3. The van der Waals surface area contributed by atoms with Crippen molar-refractivity contribution in [2.75, 3.05) is 0 Å².